The van der Waals surface area contributed by atoms with Gasteiger partial charge in [0.1, 0.15) is 11.5 Å². The third kappa shape index (κ3) is 3.37. The van der Waals surface area contributed by atoms with Gasteiger partial charge in [0.05, 0.1) is 23.3 Å². The molecule has 0 bridgehead atoms. The van der Waals surface area contributed by atoms with Crippen molar-refractivity contribution in [2.45, 2.75) is 0 Å². The molecule has 23 heavy (non-hydrogen) atoms. The Kier molecular flexibility index (Phi) is 4.05. The van der Waals surface area contributed by atoms with E-state index in [0.29, 0.717) is 16.9 Å². The highest BCUT2D eigenvalue weighted by Crippen LogP contribution is 2.26. The van der Waals surface area contributed by atoms with E-state index in [2.05, 4.69) is 12.1 Å². The van der Waals surface area contributed by atoms with Gasteiger partial charge in [-0.25, -0.2) is 0 Å². The summed E-state index contributed by atoms with van der Waals surface area (Å²) < 4.78 is 5.75. The average Bonchev–Trinajstić information content (AvgIpc) is 2.63. The second kappa shape index (κ2) is 6.47. The largest absolute Gasteiger partial charge is 0.457 e. The van der Waals surface area contributed by atoms with E-state index in [1.54, 1.807) is 36.4 Å². The van der Waals surface area contributed by atoms with E-state index in [0.717, 1.165) is 16.9 Å². The molecule has 3 aromatic carbocycles. The van der Waals surface area contributed by atoms with Crippen LogP contribution in [-0.2, 0) is 0 Å². The first-order valence-electron chi connectivity index (χ1n) is 7.07. The first-order chi connectivity index (χ1) is 11.3. The Morgan fingerprint density at radius 1 is 0.522 bits per heavy atom. The molecule has 3 nitrogen and oxygen atoms in total. The highest BCUT2D eigenvalue weighted by molar-refractivity contribution is 5.65. The maximum absolute atomic E-state index is 8.82. The second-order valence-electron chi connectivity index (χ2n) is 4.95. The summed E-state index contributed by atoms with van der Waals surface area (Å²) in [6, 6.07) is 26.4. The summed E-state index contributed by atoms with van der Waals surface area (Å²) >= 11 is 0. The van der Waals surface area contributed by atoms with Crippen molar-refractivity contribution in [3.63, 3.8) is 0 Å². The van der Waals surface area contributed by atoms with Crippen molar-refractivity contribution in [1.82, 2.24) is 0 Å². The lowest BCUT2D eigenvalue weighted by Gasteiger charge is -2.07. The molecular formula is C20H12N2O. The number of rotatable bonds is 3. The summed E-state index contributed by atoms with van der Waals surface area (Å²) in [4.78, 5) is 0. The molecule has 0 aliphatic rings. The van der Waals surface area contributed by atoms with E-state index < -0.39 is 0 Å². The van der Waals surface area contributed by atoms with Gasteiger partial charge in [0.2, 0.25) is 0 Å². The fourth-order valence-corrected chi connectivity index (χ4v) is 2.19. The quantitative estimate of drug-likeness (QED) is 0.691. The molecule has 3 rings (SSSR count). The monoisotopic (exact) mass is 296 g/mol. The lowest BCUT2D eigenvalue weighted by molar-refractivity contribution is 0.482. The standard InChI is InChI=1S/C20H12N2O/c21-13-15-1-5-17(6-2-15)18-7-11-20(12-8-18)23-19-9-3-16(14-22)4-10-19/h1-12H. The van der Waals surface area contributed by atoms with Gasteiger partial charge >= 0.3 is 0 Å². The van der Waals surface area contributed by atoms with Crippen molar-refractivity contribution < 1.29 is 4.74 Å². The van der Waals surface area contributed by atoms with Crippen LogP contribution in [0.2, 0.25) is 0 Å². The highest BCUT2D eigenvalue weighted by atomic mass is 16.5. The summed E-state index contributed by atoms with van der Waals surface area (Å²) in [6.45, 7) is 0. The molecule has 0 saturated carbocycles. The third-order valence-corrected chi connectivity index (χ3v) is 3.42. The van der Waals surface area contributed by atoms with Gasteiger partial charge in [-0.1, -0.05) is 24.3 Å². The lowest BCUT2D eigenvalue weighted by Crippen LogP contribution is -1.85. The fraction of sp³-hybridized carbons (Fsp3) is 0. The number of ether oxygens (including phenoxy) is 1. The van der Waals surface area contributed by atoms with Gasteiger partial charge in [-0.2, -0.15) is 10.5 Å². The third-order valence-electron chi connectivity index (χ3n) is 3.42. The number of hydrogen-bond donors (Lipinski definition) is 0. The molecule has 0 aliphatic heterocycles. The summed E-state index contributed by atoms with van der Waals surface area (Å²) in [7, 11) is 0. The van der Waals surface area contributed by atoms with E-state index in [1.165, 1.54) is 0 Å². The molecule has 0 spiro atoms. The topological polar surface area (TPSA) is 56.8 Å². The zero-order valence-corrected chi connectivity index (χ0v) is 12.2. The Bertz CT molecular complexity index is 881. The molecule has 3 heteroatoms. The minimum atomic E-state index is 0.605. The molecule has 0 radical (unpaired) electrons. The van der Waals surface area contributed by atoms with Crippen molar-refractivity contribution in [2.24, 2.45) is 0 Å². The SMILES string of the molecule is N#Cc1ccc(Oc2ccc(-c3ccc(C#N)cc3)cc2)cc1. The lowest BCUT2D eigenvalue weighted by atomic mass is 10.0. The Labute approximate surface area is 134 Å². The average molecular weight is 296 g/mol. The fourth-order valence-electron chi connectivity index (χ4n) is 2.19. The van der Waals surface area contributed by atoms with Gasteiger partial charge in [-0.3, -0.25) is 0 Å². The Balaban J connectivity index is 1.76. The zero-order valence-electron chi connectivity index (χ0n) is 12.2. The molecule has 0 amide bonds. The number of nitriles is 2. The van der Waals surface area contributed by atoms with Gasteiger partial charge < -0.3 is 4.74 Å². The minimum absolute atomic E-state index is 0.605. The van der Waals surface area contributed by atoms with Crippen LogP contribution in [0.15, 0.2) is 72.8 Å². The van der Waals surface area contributed by atoms with Gasteiger partial charge in [-0.05, 0) is 59.7 Å². The van der Waals surface area contributed by atoms with E-state index in [9.17, 15) is 0 Å². The predicted molar refractivity (Wildman–Crippen MR) is 87.8 cm³/mol. The second-order valence-corrected chi connectivity index (χ2v) is 4.95. The molecule has 0 aliphatic carbocycles. The Morgan fingerprint density at radius 2 is 0.870 bits per heavy atom. The smallest absolute Gasteiger partial charge is 0.127 e. The zero-order chi connectivity index (χ0) is 16.1. The molecule has 3 aromatic rings. The first kappa shape index (κ1) is 14.4. The van der Waals surface area contributed by atoms with Crippen molar-refractivity contribution in [2.75, 3.05) is 0 Å². The summed E-state index contributed by atoms with van der Waals surface area (Å²) in [5, 5.41) is 17.6. The van der Waals surface area contributed by atoms with Crippen LogP contribution in [0.1, 0.15) is 11.1 Å². The van der Waals surface area contributed by atoms with Crippen LogP contribution in [0.25, 0.3) is 11.1 Å². The maximum Gasteiger partial charge on any atom is 0.127 e. The number of nitrogens with zero attached hydrogens (tertiary/aromatic N) is 2. The molecule has 108 valence electrons. The molecule has 0 saturated heterocycles. The molecule has 0 atom stereocenters. The molecule has 0 heterocycles. The van der Waals surface area contributed by atoms with Crippen molar-refractivity contribution in [1.29, 1.82) is 10.5 Å². The molecular weight excluding hydrogens is 284 g/mol. The van der Waals surface area contributed by atoms with Crippen molar-refractivity contribution >= 4 is 0 Å². The van der Waals surface area contributed by atoms with E-state index in [4.69, 9.17) is 15.3 Å². The number of benzene rings is 3. The van der Waals surface area contributed by atoms with Gasteiger partial charge in [-0.15, -0.1) is 0 Å². The van der Waals surface area contributed by atoms with E-state index >= 15 is 0 Å². The van der Waals surface area contributed by atoms with Gasteiger partial charge in [0, 0.05) is 0 Å². The molecule has 0 unspecified atom stereocenters. The van der Waals surface area contributed by atoms with Gasteiger partial charge in [0.25, 0.3) is 0 Å². The first-order valence-corrected chi connectivity index (χ1v) is 7.07. The van der Waals surface area contributed by atoms with Crippen molar-refractivity contribution in [3.05, 3.63) is 83.9 Å². The maximum atomic E-state index is 8.82. The Morgan fingerprint density at radius 3 is 1.30 bits per heavy atom. The molecule has 0 fully saturated rings. The van der Waals surface area contributed by atoms with Crippen molar-refractivity contribution in [3.8, 4) is 34.8 Å². The predicted octanol–water partition coefficient (Wildman–Crippen LogP) is 4.89. The van der Waals surface area contributed by atoms with Gasteiger partial charge in [0.15, 0.2) is 0 Å². The highest BCUT2D eigenvalue weighted by Gasteiger charge is 2.01. The normalized spacial score (nSPS) is 9.65. The summed E-state index contributed by atoms with van der Waals surface area (Å²) in [6.07, 6.45) is 0. The summed E-state index contributed by atoms with van der Waals surface area (Å²) in [5.41, 5.74) is 3.36. The van der Waals surface area contributed by atoms with Crippen LogP contribution >= 0.6 is 0 Å². The van der Waals surface area contributed by atoms with Crippen LogP contribution < -0.4 is 4.74 Å². The molecule has 0 N–H and O–H groups in total. The number of hydrogen-bond acceptors (Lipinski definition) is 3. The minimum Gasteiger partial charge on any atom is -0.457 e. The van der Waals surface area contributed by atoms with Crippen LogP contribution in [0.3, 0.4) is 0 Å². The van der Waals surface area contributed by atoms with E-state index in [-0.39, 0.29) is 0 Å². The Hall–Kier alpha value is -3.56. The summed E-state index contributed by atoms with van der Waals surface area (Å²) in [5.74, 6) is 1.42. The van der Waals surface area contributed by atoms with Crippen LogP contribution in [0, 0.1) is 22.7 Å². The molecule has 0 aromatic heterocycles. The van der Waals surface area contributed by atoms with Crippen LogP contribution in [-0.4, -0.2) is 0 Å². The van der Waals surface area contributed by atoms with Crippen LogP contribution in [0.5, 0.6) is 11.5 Å². The van der Waals surface area contributed by atoms with E-state index in [1.807, 2.05) is 36.4 Å². The van der Waals surface area contributed by atoms with Crippen LogP contribution in [0.4, 0.5) is 0 Å².